The molecule has 7 heteroatoms. The molecule has 6 nitrogen and oxygen atoms in total. The number of halogens is 1. The minimum atomic E-state index is -0.475. The van der Waals surface area contributed by atoms with E-state index in [2.05, 4.69) is 15.6 Å². The summed E-state index contributed by atoms with van der Waals surface area (Å²) in [6, 6.07) is 14.1. The van der Waals surface area contributed by atoms with Crippen molar-refractivity contribution in [3.05, 3.63) is 75.2 Å². The quantitative estimate of drug-likeness (QED) is 0.567. The van der Waals surface area contributed by atoms with Crippen LogP contribution < -0.4 is 11.0 Å². The Morgan fingerprint density at radius 3 is 2.46 bits per heavy atom. The number of hydrazone groups is 1. The van der Waals surface area contributed by atoms with Crippen LogP contribution in [0.15, 0.2) is 58.4 Å². The maximum absolute atomic E-state index is 12.6. The molecule has 26 heavy (non-hydrogen) atoms. The third-order valence-electron chi connectivity index (χ3n) is 3.97. The van der Waals surface area contributed by atoms with Gasteiger partial charge in [-0.3, -0.25) is 9.59 Å². The average molecular weight is 369 g/mol. The lowest BCUT2D eigenvalue weighted by molar-refractivity contribution is 0.0949. The first-order chi connectivity index (χ1) is 12.5. The normalized spacial score (nSPS) is 11.6. The van der Waals surface area contributed by atoms with Crippen molar-refractivity contribution in [3.63, 3.8) is 0 Å². The molecular formula is C19H17ClN4O2. The number of hydrogen-bond donors (Lipinski definition) is 1. The fourth-order valence-corrected chi connectivity index (χ4v) is 2.69. The first-order valence-corrected chi connectivity index (χ1v) is 8.49. The fraction of sp³-hybridized carbons (Fsp3) is 0.158. The second-order valence-corrected chi connectivity index (χ2v) is 6.10. The van der Waals surface area contributed by atoms with Crippen molar-refractivity contribution in [1.29, 1.82) is 0 Å². The zero-order valence-electron chi connectivity index (χ0n) is 14.4. The molecule has 3 aromatic rings. The van der Waals surface area contributed by atoms with Gasteiger partial charge in [0.25, 0.3) is 11.5 Å². The van der Waals surface area contributed by atoms with E-state index in [1.165, 1.54) is 4.68 Å². The Bertz CT molecular complexity index is 1060. The van der Waals surface area contributed by atoms with Crippen molar-refractivity contribution < 1.29 is 4.79 Å². The number of aromatic nitrogens is 2. The van der Waals surface area contributed by atoms with Gasteiger partial charge in [0.15, 0.2) is 5.69 Å². The Labute approximate surface area is 155 Å². The molecule has 0 atom stereocenters. The summed E-state index contributed by atoms with van der Waals surface area (Å²) in [6.45, 7) is 3.95. The smallest absolute Gasteiger partial charge is 0.267 e. The van der Waals surface area contributed by atoms with E-state index in [1.807, 2.05) is 12.1 Å². The summed E-state index contributed by atoms with van der Waals surface area (Å²) >= 11 is 5.87. The highest BCUT2D eigenvalue weighted by Gasteiger charge is 2.16. The summed E-state index contributed by atoms with van der Waals surface area (Å²) in [5, 5.41) is 9.90. The van der Waals surface area contributed by atoms with Crippen LogP contribution >= 0.6 is 11.6 Å². The Kier molecular flexibility index (Phi) is 5.14. The van der Waals surface area contributed by atoms with Gasteiger partial charge in [0, 0.05) is 17.0 Å². The molecular weight excluding hydrogens is 352 g/mol. The van der Waals surface area contributed by atoms with Crippen molar-refractivity contribution in [1.82, 2.24) is 15.2 Å². The van der Waals surface area contributed by atoms with Gasteiger partial charge in [0.2, 0.25) is 0 Å². The van der Waals surface area contributed by atoms with E-state index < -0.39 is 5.91 Å². The molecule has 132 valence electrons. The third kappa shape index (κ3) is 3.50. The van der Waals surface area contributed by atoms with Gasteiger partial charge < -0.3 is 0 Å². The monoisotopic (exact) mass is 368 g/mol. The molecule has 1 aromatic heterocycles. The van der Waals surface area contributed by atoms with Gasteiger partial charge in [-0.2, -0.15) is 10.2 Å². The van der Waals surface area contributed by atoms with Crippen LogP contribution in [0.4, 0.5) is 0 Å². The van der Waals surface area contributed by atoms with E-state index in [0.29, 0.717) is 28.1 Å². The van der Waals surface area contributed by atoms with Crippen molar-refractivity contribution in [2.24, 2.45) is 5.10 Å². The molecule has 0 aliphatic carbocycles. The summed E-state index contributed by atoms with van der Waals surface area (Å²) in [7, 11) is 0. The molecule has 0 bridgehead atoms. The van der Waals surface area contributed by atoms with E-state index >= 15 is 0 Å². The molecule has 0 spiro atoms. The van der Waals surface area contributed by atoms with E-state index in [4.69, 9.17) is 11.6 Å². The Morgan fingerprint density at radius 1 is 1.15 bits per heavy atom. The first kappa shape index (κ1) is 17.8. The second kappa shape index (κ2) is 7.49. The van der Waals surface area contributed by atoms with Gasteiger partial charge in [-0.25, -0.2) is 10.1 Å². The van der Waals surface area contributed by atoms with E-state index in [1.54, 1.807) is 50.2 Å². The van der Waals surface area contributed by atoms with Crippen LogP contribution in [-0.2, 0) is 6.54 Å². The number of carbonyl (C=O) groups is 1. The van der Waals surface area contributed by atoms with Crippen molar-refractivity contribution in [2.45, 2.75) is 20.4 Å². The molecule has 0 saturated heterocycles. The lowest BCUT2D eigenvalue weighted by atomic mass is 10.1. The lowest BCUT2D eigenvalue weighted by Gasteiger charge is -2.09. The Balaban J connectivity index is 1.95. The topological polar surface area (TPSA) is 76.3 Å². The maximum atomic E-state index is 12.6. The number of fused-ring (bicyclic) bond motifs is 1. The molecule has 3 rings (SSSR count). The van der Waals surface area contributed by atoms with Crippen LogP contribution in [-0.4, -0.2) is 21.4 Å². The Morgan fingerprint density at radius 2 is 1.81 bits per heavy atom. The van der Waals surface area contributed by atoms with Crippen LogP contribution in [0.5, 0.6) is 0 Å². The summed E-state index contributed by atoms with van der Waals surface area (Å²) < 4.78 is 1.27. The van der Waals surface area contributed by atoms with Crippen LogP contribution in [0, 0.1) is 0 Å². The number of amides is 1. The van der Waals surface area contributed by atoms with Crippen LogP contribution in [0.1, 0.15) is 29.9 Å². The number of carbonyl (C=O) groups excluding carboxylic acids is 1. The molecule has 0 fully saturated rings. The molecule has 0 aliphatic rings. The van der Waals surface area contributed by atoms with Crippen LogP contribution in [0.3, 0.4) is 0 Å². The molecule has 1 amide bonds. The lowest BCUT2D eigenvalue weighted by Crippen LogP contribution is -2.28. The zero-order chi connectivity index (χ0) is 18.7. The summed E-state index contributed by atoms with van der Waals surface area (Å²) in [5.41, 5.74) is 3.92. The number of aryl methyl sites for hydroxylation is 1. The van der Waals surface area contributed by atoms with E-state index in [0.717, 1.165) is 5.56 Å². The first-order valence-electron chi connectivity index (χ1n) is 8.11. The molecule has 0 unspecified atom stereocenters. The molecule has 0 aliphatic heterocycles. The number of nitrogens with one attached hydrogen (secondary N) is 1. The van der Waals surface area contributed by atoms with Gasteiger partial charge in [-0.05, 0) is 37.6 Å². The summed E-state index contributed by atoms with van der Waals surface area (Å²) in [5.74, 6) is -0.475. The minimum absolute atomic E-state index is 0.162. The molecule has 1 heterocycles. The molecule has 0 saturated carbocycles. The standard InChI is InChI=1S/C19H17ClN4O2/c1-3-24-19(26)16-7-5-4-6-15(16)17(23-24)18(25)22-21-12(2)13-8-10-14(20)11-9-13/h4-11H,3H2,1-2H3,(H,22,25)/b21-12+. The summed E-state index contributed by atoms with van der Waals surface area (Å²) in [6.07, 6.45) is 0. The van der Waals surface area contributed by atoms with Gasteiger partial charge in [0.05, 0.1) is 11.1 Å². The predicted molar refractivity (Wildman–Crippen MR) is 103 cm³/mol. The second-order valence-electron chi connectivity index (χ2n) is 5.66. The fourth-order valence-electron chi connectivity index (χ4n) is 2.56. The SMILES string of the molecule is CCn1nc(C(=O)N/N=C(\C)c2ccc(Cl)cc2)c2ccccc2c1=O. The van der Waals surface area contributed by atoms with Crippen molar-refractivity contribution in [3.8, 4) is 0 Å². The van der Waals surface area contributed by atoms with Gasteiger partial charge >= 0.3 is 0 Å². The highest BCUT2D eigenvalue weighted by molar-refractivity contribution is 6.30. The number of hydrogen-bond acceptors (Lipinski definition) is 4. The third-order valence-corrected chi connectivity index (χ3v) is 4.22. The van der Waals surface area contributed by atoms with E-state index in [9.17, 15) is 9.59 Å². The molecule has 2 aromatic carbocycles. The highest BCUT2D eigenvalue weighted by atomic mass is 35.5. The zero-order valence-corrected chi connectivity index (χ0v) is 15.1. The van der Waals surface area contributed by atoms with E-state index in [-0.39, 0.29) is 11.3 Å². The number of benzene rings is 2. The summed E-state index contributed by atoms with van der Waals surface area (Å²) in [4.78, 5) is 25.0. The number of nitrogens with zero attached hydrogens (tertiary/aromatic N) is 3. The maximum Gasteiger partial charge on any atom is 0.292 e. The van der Waals surface area contributed by atoms with Crippen LogP contribution in [0.25, 0.3) is 10.8 Å². The largest absolute Gasteiger partial charge is 0.292 e. The highest BCUT2D eigenvalue weighted by Crippen LogP contribution is 2.13. The molecule has 0 radical (unpaired) electrons. The van der Waals surface area contributed by atoms with Crippen molar-refractivity contribution >= 4 is 34.0 Å². The molecule has 1 N–H and O–H groups in total. The predicted octanol–water partition coefficient (Wildman–Crippen LogP) is 3.22. The van der Waals surface area contributed by atoms with Gasteiger partial charge in [-0.1, -0.05) is 41.9 Å². The van der Waals surface area contributed by atoms with Gasteiger partial charge in [0.1, 0.15) is 0 Å². The number of rotatable bonds is 4. The average Bonchev–Trinajstić information content (AvgIpc) is 2.67. The van der Waals surface area contributed by atoms with Crippen molar-refractivity contribution in [2.75, 3.05) is 0 Å². The van der Waals surface area contributed by atoms with Crippen LogP contribution in [0.2, 0.25) is 5.02 Å². The van der Waals surface area contributed by atoms with Gasteiger partial charge in [-0.15, -0.1) is 0 Å². The minimum Gasteiger partial charge on any atom is -0.267 e. The Hall–Kier alpha value is -2.99.